The molecule has 27 heavy (non-hydrogen) atoms. The van der Waals surface area contributed by atoms with E-state index in [1.807, 2.05) is 37.3 Å². The van der Waals surface area contributed by atoms with Crippen LogP contribution in [0.4, 0.5) is 4.79 Å². The van der Waals surface area contributed by atoms with E-state index in [4.69, 9.17) is 9.47 Å². The highest BCUT2D eigenvalue weighted by molar-refractivity contribution is 14.1. The molecule has 0 aromatic heterocycles. The highest BCUT2D eigenvalue weighted by atomic mass is 127. The maximum atomic E-state index is 11.7. The number of urea groups is 1. The van der Waals surface area contributed by atoms with Crippen molar-refractivity contribution < 1.29 is 19.1 Å². The average Bonchev–Trinajstić information content (AvgIpc) is 2.93. The first-order valence-corrected chi connectivity index (χ1v) is 10.0. The Bertz CT molecular complexity index is 913. The summed E-state index contributed by atoms with van der Waals surface area (Å²) in [6.07, 6.45) is 1.60. The Morgan fingerprint density at radius 3 is 2.48 bits per heavy atom. The third-order valence-corrected chi connectivity index (χ3v) is 4.99. The zero-order valence-electron chi connectivity index (χ0n) is 14.3. The number of nitrogens with one attached hydrogen (secondary N) is 2. The third kappa shape index (κ3) is 5.01. The summed E-state index contributed by atoms with van der Waals surface area (Å²) in [5.41, 5.74) is 1.96. The summed E-state index contributed by atoms with van der Waals surface area (Å²) in [6.45, 7) is 2.77. The van der Waals surface area contributed by atoms with Crippen LogP contribution in [0.2, 0.25) is 0 Å². The molecule has 2 aromatic carbocycles. The fourth-order valence-electron chi connectivity index (χ4n) is 2.46. The monoisotopic (exact) mass is 542 g/mol. The highest BCUT2D eigenvalue weighted by Gasteiger charge is 2.23. The Morgan fingerprint density at radius 2 is 1.85 bits per heavy atom. The van der Waals surface area contributed by atoms with E-state index in [2.05, 4.69) is 49.2 Å². The molecule has 1 saturated heterocycles. The second-order valence-electron chi connectivity index (χ2n) is 5.64. The molecule has 1 aliphatic heterocycles. The van der Waals surface area contributed by atoms with E-state index in [0.29, 0.717) is 24.7 Å². The van der Waals surface area contributed by atoms with Gasteiger partial charge in [-0.2, -0.15) is 0 Å². The molecule has 140 valence electrons. The normalized spacial score (nSPS) is 14.9. The van der Waals surface area contributed by atoms with E-state index < -0.39 is 11.9 Å². The summed E-state index contributed by atoms with van der Waals surface area (Å²) in [7, 11) is 0. The Kier molecular flexibility index (Phi) is 6.38. The third-order valence-electron chi connectivity index (χ3n) is 3.66. The molecule has 0 radical (unpaired) electrons. The van der Waals surface area contributed by atoms with Crippen LogP contribution in [-0.4, -0.2) is 18.5 Å². The van der Waals surface area contributed by atoms with Gasteiger partial charge in [0.05, 0.1) is 10.2 Å². The first kappa shape index (κ1) is 19.7. The summed E-state index contributed by atoms with van der Waals surface area (Å²) >= 11 is 5.58. The number of carbonyl (C=O) groups is 2. The quantitative estimate of drug-likeness (QED) is 0.326. The molecule has 1 aliphatic rings. The standard InChI is InChI=1S/C19H16BrIN2O4/c1-2-26-16-9-12(8-15-18(24)23-19(25)22-15)7-14(21)17(16)27-10-11-3-5-13(20)6-4-11/h3-9H,2,10H2,1H3,(H2,22,23,24,25)/b15-8+. The zero-order valence-corrected chi connectivity index (χ0v) is 18.1. The van der Waals surface area contributed by atoms with Crippen LogP contribution in [0.25, 0.3) is 6.08 Å². The van der Waals surface area contributed by atoms with Gasteiger partial charge in [-0.3, -0.25) is 10.1 Å². The van der Waals surface area contributed by atoms with E-state index in [0.717, 1.165) is 19.2 Å². The maximum Gasteiger partial charge on any atom is 0.326 e. The number of benzene rings is 2. The lowest BCUT2D eigenvalue weighted by Crippen LogP contribution is -2.22. The van der Waals surface area contributed by atoms with Gasteiger partial charge in [0.2, 0.25) is 0 Å². The number of imide groups is 1. The number of amides is 3. The molecule has 3 rings (SSSR count). The van der Waals surface area contributed by atoms with Crippen LogP contribution in [-0.2, 0) is 11.4 Å². The summed E-state index contributed by atoms with van der Waals surface area (Å²) in [4.78, 5) is 23.0. The minimum absolute atomic E-state index is 0.196. The predicted molar refractivity (Wildman–Crippen MR) is 113 cm³/mol. The molecule has 0 spiro atoms. The molecule has 0 unspecified atom stereocenters. The molecule has 2 aromatic rings. The van der Waals surface area contributed by atoms with Gasteiger partial charge in [0.25, 0.3) is 5.91 Å². The van der Waals surface area contributed by atoms with E-state index >= 15 is 0 Å². The van der Waals surface area contributed by atoms with Crippen molar-refractivity contribution in [2.45, 2.75) is 13.5 Å². The lowest BCUT2D eigenvalue weighted by molar-refractivity contribution is -0.115. The van der Waals surface area contributed by atoms with Crippen LogP contribution >= 0.6 is 38.5 Å². The molecular weight excluding hydrogens is 527 g/mol. The largest absolute Gasteiger partial charge is 0.490 e. The minimum Gasteiger partial charge on any atom is -0.490 e. The van der Waals surface area contributed by atoms with Crippen molar-refractivity contribution in [2.24, 2.45) is 0 Å². The Morgan fingerprint density at radius 1 is 1.11 bits per heavy atom. The van der Waals surface area contributed by atoms with Crippen LogP contribution in [0.15, 0.2) is 46.6 Å². The fourth-order valence-corrected chi connectivity index (χ4v) is 3.50. The summed E-state index contributed by atoms with van der Waals surface area (Å²) in [6, 6.07) is 11.0. The minimum atomic E-state index is -0.527. The SMILES string of the molecule is CCOc1cc(/C=C2/NC(=O)NC2=O)cc(I)c1OCc1ccc(Br)cc1. The Balaban J connectivity index is 1.85. The van der Waals surface area contributed by atoms with E-state index in [9.17, 15) is 9.59 Å². The smallest absolute Gasteiger partial charge is 0.326 e. The van der Waals surface area contributed by atoms with Crippen molar-refractivity contribution in [3.05, 3.63) is 61.3 Å². The number of rotatable bonds is 6. The van der Waals surface area contributed by atoms with Crippen LogP contribution in [0.5, 0.6) is 11.5 Å². The second kappa shape index (κ2) is 8.75. The topological polar surface area (TPSA) is 76.7 Å². The fraction of sp³-hybridized carbons (Fsp3) is 0.158. The van der Waals surface area contributed by atoms with Gasteiger partial charge in [-0.05, 0) is 71.0 Å². The van der Waals surface area contributed by atoms with Gasteiger partial charge < -0.3 is 14.8 Å². The predicted octanol–water partition coefficient (Wildman–Crippen LogP) is 4.21. The number of carbonyl (C=O) groups excluding carboxylic acids is 2. The molecule has 1 fully saturated rings. The van der Waals surface area contributed by atoms with Crippen molar-refractivity contribution in [1.82, 2.24) is 10.6 Å². The first-order chi connectivity index (χ1) is 13.0. The molecule has 0 aliphatic carbocycles. The van der Waals surface area contributed by atoms with E-state index in [1.165, 1.54) is 0 Å². The van der Waals surface area contributed by atoms with Gasteiger partial charge in [-0.15, -0.1) is 0 Å². The molecular formula is C19H16BrIN2O4. The molecule has 8 heteroatoms. The summed E-state index contributed by atoms with van der Waals surface area (Å²) in [5, 5.41) is 4.65. The van der Waals surface area contributed by atoms with Gasteiger partial charge in [0, 0.05) is 4.47 Å². The summed E-state index contributed by atoms with van der Waals surface area (Å²) < 4.78 is 13.6. The molecule has 1 heterocycles. The molecule has 2 N–H and O–H groups in total. The van der Waals surface area contributed by atoms with Gasteiger partial charge in [-0.1, -0.05) is 28.1 Å². The van der Waals surface area contributed by atoms with Crippen molar-refractivity contribution in [3.63, 3.8) is 0 Å². The average molecular weight is 543 g/mol. The van der Waals surface area contributed by atoms with E-state index in [-0.39, 0.29) is 5.70 Å². The van der Waals surface area contributed by atoms with Crippen LogP contribution in [0.3, 0.4) is 0 Å². The molecule has 3 amide bonds. The van der Waals surface area contributed by atoms with Crippen molar-refractivity contribution in [1.29, 1.82) is 0 Å². The molecule has 0 atom stereocenters. The molecule has 0 saturated carbocycles. The van der Waals surface area contributed by atoms with Gasteiger partial charge in [0.1, 0.15) is 12.3 Å². The highest BCUT2D eigenvalue weighted by Crippen LogP contribution is 2.35. The molecule has 6 nitrogen and oxygen atoms in total. The lowest BCUT2D eigenvalue weighted by atomic mass is 10.1. The number of hydrogen-bond acceptors (Lipinski definition) is 4. The first-order valence-electron chi connectivity index (χ1n) is 8.14. The summed E-state index contributed by atoms with van der Waals surface area (Å²) in [5.74, 6) is 0.768. The number of ether oxygens (including phenoxy) is 2. The zero-order chi connectivity index (χ0) is 19.4. The van der Waals surface area contributed by atoms with Crippen molar-refractivity contribution in [2.75, 3.05) is 6.61 Å². The number of hydrogen-bond donors (Lipinski definition) is 2. The van der Waals surface area contributed by atoms with Crippen LogP contribution in [0, 0.1) is 3.57 Å². The Labute approximate surface area is 178 Å². The molecule has 0 bridgehead atoms. The maximum absolute atomic E-state index is 11.7. The van der Waals surface area contributed by atoms with Gasteiger partial charge in [-0.25, -0.2) is 4.79 Å². The van der Waals surface area contributed by atoms with E-state index in [1.54, 1.807) is 12.1 Å². The Hall–Kier alpha value is -2.07. The lowest BCUT2D eigenvalue weighted by Gasteiger charge is -2.15. The second-order valence-corrected chi connectivity index (χ2v) is 7.72. The number of halogens is 2. The van der Waals surface area contributed by atoms with Crippen molar-refractivity contribution in [3.8, 4) is 11.5 Å². The van der Waals surface area contributed by atoms with Gasteiger partial charge in [0.15, 0.2) is 11.5 Å². The van der Waals surface area contributed by atoms with Crippen LogP contribution < -0.4 is 20.1 Å². The van der Waals surface area contributed by atoms with Crippen molar-refractivity contribution >= 4 is 56.5 Å². The van der Waals surface area contributed by atoms with Crippen LogP contribution in [0.1, 0.15) is 18.1 Å². The van der Waals surface area contributed by atoms with Gasteiger partial charge >= 0.3 is 6.03 Å².